The van der Waals surface area contributed by atoms with Gasteiger partial charge < -0.3 is 15.0 Å². The van der Waals surface area contributed by atoms with Crippen molar-refractivity contribution in [3.8, 4) is 5.75 Å². The summed E-state index contributed by atoms with van der Waals surface area (Å²) >= 11 is 1.35. The van der Waals surface area contributed by atoms with E-state index in [2.05, 4.69) is 31.4 Å². The van der Waals surface area contributed by atoms with E-state index in [1.54, 1.807) is 7.11 Å². The minimum absolute atomic E-state index is 0.221. The highest BCUT2D eigenvalue weighted by Gasteiger charge is 2.21. The minimum Gasteiger partial charge on any atom is -0.495 e. The summed E-state index contributed by atoms with van der Waals surface area (Å²) in [6.07, 6.45) is 0. The first-order chi connectivity index (χ1) is 14.2. The molecule has 0 unspecified atom stereocenters. The summed E-state index contributed by atoms with van der Waals surface area (Å²) in [5.41, 5.74) is 1.88. The molecule has 2 heterocycles. The summed E-state index contributed by atoms with van der Waals surface area (Å²) in [6.45, 7) is 4.38. The number of methoxy groups -OCH3 is 1. The average Bonchev–Trinajstić information content (AvgIpc) is 3.24. The molecule has 0 spiro atoms. The lowest BCUT2D eigenvalue weighted by Crippen LogP contribution is -2.46. The molecule has 1 aliphatic heterocycles. The maximum atomic E-state index is 12.3. The van der Waals surface area contributed by atoms with E-state index in [1.807, 2.05) is 48.5 Å². The molecule has 1 aliphatic rings. The Morgan fingerprint density at radius 2 is 1.76 bits per heavy atom. The first kappa shape index (κ1) is 19.4. The first-order valence-corrected chi connectivity index (χ1v) is 10.3. The van der Waals surface area contributed by atoms with Crippen molar-refractivity contribution >= 4 is 28.6 Å². The lowest BCUT2D eigenvalue weighted by Gasteiger charge is -2.36. The molecule has 29 heavy (non-hydrogen) atoms. The molecule has 150 valence electrons. The number of anilines is 2. The maximum Gasteiger partial charge on any atom is 0.286 e. The van der Waals surface area contributed by atoms with Gasteiger partial charge in [0.1, 0.15) is 10.8 Å². The Balaban J connectivity index is 1.31. The van der Waals surface area contributed by atoms with Crippen LogP contribution in [0, 0.1) is 0 Å². The largest absolute Gasteiger partial charge is 0.495 e. The molecule has 7 nitrogen and oxygen atoms in total. The first-order valence-electron chi connectivity index (χ1n) is 9.52. The number of piperazine rings is 1. The van der Waals surface area contributed by atoms with Gasteiger partial charge in [0, 0.05) is 31.9 Å². The van der Waals surface area contributed by atoms with E-state index in [1.165, 1.54) is 11.3 Å². The summed E-state index contributed by atoms with van der Waals surface area (Å²) in [6, 6.07) is 17.5. The molecule has 3 aromatic rings. The van der Waals surface area contributed by atoms with Gasteiger partial charge in [0.25, 0.3) is 5.91 Å². The number of carbonyl (C=O) groups is 1. The zero-order valence-corrected chi connectivity index (χ0v) is 17.1. The summed E-state index contributed by atoms with van der Waals surface area (Å²) in [5.74, 6) is 0.681. The Morgan fingerprint density at radius 1 is 1.03 bits per heavy atom. The second kappa shape index (κ2) is 9.02. The van der Waals surface area contributed by atoms with Crippen LogP contribution in [0.25, 0.3) is 0 Å². The van der Waals surface area contributed by atoms with Crippen molar-refractivity contribution in [3.05, 3.63) is 64.6 Å². The van der Waals surface area contributed by atoms with Gasteiger partial charge >= 0.3 is 0 Å². The number of para-hydroxylation sites is 3. The number of benzene rings is 2. The van der Waals surface area contributed by atoms with Gasteiger partial charge in [0.2, 0.25) is 5.01 Å². The molecule has 1 fully saturated rings. The number of rotatable bonds is 6. The fraction of sp³-hybridized carbons (Fsp3) is 0.286. The van der Waals surface area contributed by atoms with Gasteiger partial charge in [-0.15, -0.1) is 10.2 Å². The summed E-state index contributed by atoms with van der Waals surface area (Å²) < 4.78 is 5.48. The molecule has 1 amide bonds. The quantitative estimate of drug-likeness (QED) is 0.675. The van der Waals surface area contributed by atoms with Crippen LogP contribution in [0.2, 0.25) is 0 Å². The lowest BCUT2D eigenvalue weighted by atomic mass is 10.2. The van der Waals surface area contributed by atoms with Crippen molar-refractivity contribution in [3.63, 3.8) is 0 Å². The van der Waals surface area contributed by atoms with Crippen LogP contribution >= 0.6 is 11.3 Å². The van der Waals surface area contributed by atoms with E-state index >= 15 is 0 Å². The standard InChI is InChI=1S/C21H23N5O2S/c1-28-18-10-6-5-9-17(18)26-13-11-25(12-14-26)15-19-23-24-21(29-19)20(27)22-16-7-3-2-4-8-16/h2-10H,11-15H2,1H3,(H,22,27). The van der Waals surface area contributed by atoms with Gasteiger partial charge in [-0.05, 0) is 24.3 Å². The SMILES string of the molecule is COc1ccccc1N1CCN(Cc2nnc(C(=O)Nc3ccccc3)s2)CC1. The third-order valence-electron chi connectivity index (χ3n) is 4.85. The Morgan fingerprint density at radius 3 is 2.52 bits per heavy atom. The van der Waals surface area contributed by atoms with Crippen molar-refractivity contribution < 1.29 is 9.53 Å². The third-order valence-corrected chi connectivity index (χ3v) is 5.76. The minimum atomic E-state index is -0.221. The van der Waals surface area contributed by atoms with Crippen LogP contribution in [-0.2, 0) is 6.54 Å². The smallest absolute Gasteiger partial charge is 0.286 e. The van der Waals surface area contributed by atoms with E-state index in [-0.39, 0.29) is 5.91 Å². The zero-order chi connectivity index (χ0) is 20.1. The molecular weight excluding hydrogens is 386 g/mol. The van der Waals surface area contributed by atoms with Crippen molar-refractivity contribution in [1.29, 1.82) is 0 Å². The van der Waals surface area contributed by atoms with Gasteiger partial charge in [-0.1, -0.05) is 41.7 Å². The van der Waals surface area contributed by atoms with Crippen molar-refractivity contribution in [2.45, 2.75) is 6.54 Å². The summed E-state index contributed by atoms with van der Waals surface area (Å²) in [4.78, 5) is 17.0. The van der Waals surface area contributed by atoms with Crippen LogP contribution in [-0.4, -0.2) is 54.3 Å². The average molecular weight is 410 g/mol. The molecule has 0 saturated carbocycles. The van der Waals surface area contributed by atoms with Crippen LogP contribution in [0.15, 0.2) is 54.6 Å². The van der Waals surface area contributed by atoms with E-state index in [4.69, 9.17) is 4.74 Å². The number of nitrogens with zero attached hydrogens (tertiary/aromatic N) is 4. The zero-order valence-electron chi connectivity index (χ0n) is 16.2. The number of nitrogens with one attached hydrogen (secondary N) is 1. The molecule has 1 N–H and O–H groups in total. The number of carbonyl (C=O) groups excluding carboxylic acids is 1. The summed E-state index contributed by atoms with van der Waals surface area (Å²) in [7, 11) is 1.70. The second-order valence-corrected chi connectivity index (χ2v) is 7.82. The van der Waals surface area contributed by atoms with Gasteiger partial charge in [-0.25, -0.2) is 0 Å². The molecular formula is C21H23N5O2S. The number of aromatic nitrogens is 2. The normalized spacial score (nSPS) is 14.6. The molecule has 1 aromatic heterocycles. The molecule has 0 atom stereocenters. The number of hydrogen-bond acceptors (Lipinski definition) is 7. The van der Waals surface area contributed by atoms with Crippen molar-refractivity contribution in [2.75, 3.05) is 43.5 Å². The molecule has 0 radical (unpaired) electrons. The highest BCUT2D eigenvalue weighted by atomic mass is 32.1. The van der Waals surface area contributed by atoms with Gasteiger partial charge in [-0.2, -0.15) is 0 Å². The predicted octanol–water partition coefficient (Wildman–Crippen LogP) is 3.12. The number of amides is 1. The van der Waals surface area contributed by atoms with E-state index in [0.717, 1.165) is 48.3 Å². The lowest BCUT2D eigenvalue weighted by molar-refractivity contribution is 0.102. The van der Waals surface area contributed by atoms with Crippen LogP contribution in [0.3, 0.4) is 0 Å². The summed E-state index contributed by atoms with van der Waals surface area (Å²) in [5, 5.41) is 12.4. The Labute approximate surface area is 173 Å². The van der Waals surface area contributed by atoms with Crippen LogP contribution in [0.4, 0.5) is 11.4 Å². The van der Waals surface area contributed by atoms with Crippen LogP contribution in [0.5, 0.6) is 5.75 Å². The fourth-order valence-corrected chi connectivity index (χ4v) is 4.12. The van der Waals surface area contributed by atoms with Crippen molar-refractivity contribution in [2.24, 2.45) is 0 Å². The Kier molecular flexibility index (Phi) is 6.02. The Bertz CT molecular complexity index is 954. The molecule has 0 aliphatic carbocycles. The topological polar surface area (TPSA) is 70.6 Å². The van der Waals surface area contributed by atoms with Gasteiger partial charge in [0.05, 0.1) is 19.3 Å². The molecule has 0 bridgehead atoms. The molecule has 4 rings (SSSR count). The maximum absolute atomic E-state index is 12.3. The van der Waals surface area contributed by atoms with E-state index < -0.39 is 0 Å². The predicted molar refractivity (Wildman–Crippen MR) is 115 cm³/mol. The monoisotopic (exact) mass is 409 g/mol. The highest BCUT2D eigenvalue weighted by molar-refractivity contribution is 7.13. The number of ether oxygens (including phenoxy) is 1. The highest BCUT2D eigenvalue weighted by Crippen LogP contribution is 2.28. The van der Waals surface area contributed by atoms with Crippen LogP contribution < -0.4 is 15.0 Å². The second-order valence-electron chi connectivity index (χ2n) is 6.76. The fourth-order valence-electron chi connectivity index (χ4n) is 3.34. The van der Waals surface area contributed by atoms with Gasteiger partial charge in [0.15, 0.2) is 0 Å². The van der Waals surface area contributed by atoms with E-state index in [9.17, 15) is 4.79 Å². The third kappa shape index (κ3) is 4.72. The molecule has 8 heteroatoms. The van der Waals surface area contributed by atoms with Crippen LogP contribution in [0.1, 0.15) is 14.8 Å². The van der Waals surface area contributed by atoms with Crippen molar-refractivity contribution in [1.82, 2.24) is 15.1 Å². The molecule has 1 saturated heterocycles. The number of hydrogen-bond donors (Lipinski definition) is 1. The van der Waals surface area contributed by atoms with E-state index in [0.29, 0.717) is 11.6 Å². The molecule has 2 aromatic carbocycles. The van der Waals surface area contributed by atoms with Gasteiger partial charge in [-0.3, -0.25) is 9.69 Å². The Hall–Kier alpha value is -2.97.